The number of thiophene rings is 1. The topological polar surface area (TPSA) is 90.3 Å². The molecule has 8 heteroatoms. The number of rotatable bonds is 6. The maximum absolute atomic E-state index is 13.4. The molecule has 4 rings (SSSR count). The van der Waals surface area contributed by atoms with Crippen molar-refractivity contribution >= 4 is 39.1 Å². The summed E-state index contributed by atoms with van der Waals surface area (Å²) in [6.07, 6.45) is 2.34. The highest BCUT2D eigenvalue weighted by atomic mass is 32.1. The lowest BCUT2D eigenvalue weighted by Crippen LogP contribution is -2.31. The van der Waals surface area contributed by atoms with E-state index in [1.807, 2.05) is 29.6 Å². The number of nitrogens with zero attached hydrogens (tertiary/aromatic N) is 2. The SMILES string of the molecule is CCc1ccc(-c2csc3ncn(C(C)C(=O)Nc4cccc(C(=O)OC)c4)c(=O)c23)cc1. The summed E-state index contributed by atoms with van der Waals surface area (Å²) < 4.78 is 6.05. The summed E-state index contributed by atoms with van der Waals surface area (Å²) in [5, 5.41) is 5.18. The Labute approximate surface area is 194 Å². The van der Waals surface area contributed by atoms with Crippen LogP contribution in [0.25, 0.3) is 21.3 Å². The van der Waals surface area contributed by atoms with Crippen LogP contribution in [-0.2, 0) is 16.0 Å². The molecule has 7 nitrogen and oxygen atoms in total. The van der Waals surface area contributed by atoms with Gasteiger partial charge in [0.25, 0.3) is 5.56 Å². The van der Waals surface area contributed by atoms with E-state index in [-0.39, 0.29) is 5.56 Å². The normalized spacial score (nSPS) is 11.8. The van der Waals surface area contributed by atoms with E-state index in [9.17, 15) is 14.4 Å². The number of fused-ring (bicyclic) bond motifs is 1. The standard InChI is InChI=1S/C25H23N3O4S/c1-4-16-8-10-17(11-9-16)20-13-33-23-21(20)24(30)28(14-26-23)15(2)22(29)27-19-7-5-6-18(12-19)25(31)32-3/h5-15H,4H2,1-3H3,(H,27,29). The molecule has 2 aromatic heterocycles. The average Bonchev–Trinajstić information content (AvgIpc) is 3.28. The molecule has 0 saturated heterocycles. The number of ether oxygens (including phenoxy) is 1. The summed E-state index contributed by atoms with van der Waals surface area (Å²) in [6, 6.07) is 13.7. The minimum absolute atomic E-state index is 0.276. The third-order valence-corrected chi connectivity index (χ3v) is 6.43. The predicted octanol–water partition coefficient (Wildman–Crippen LogP) is 4.67. The molecule has 2 heterocycles. The number of anilines is 1. The Bertz CT molecular complexity index is 1390. The smallest absolute Gasteiger partial charge is 0.337 e. The van der Waals surface area contributed by atoms with Crippen molar-refractivity contribution in [1.29, 1.82) is 0 Å². The highest BCUT2D eigenvalue weighted by molar-refractivity contribution is 7.17. The summed E-state index contributed by atoms with van der Waals surface area (Å²) >= 11 is 1.40. The van der Waals surface area contributed by atoms with Gasteiger partial charge in [0.05, 0.1) is 24.4 Å². The second-order valence-electron chi connectivity index (χ2n) is 7.57. The number of methoxy groups -OCH3 is 1. The molecular formula is C25H23N3O4S. The molecule has 1 unspecified atom stereocenters. The van der Waals surface area contributed by atoms with Crippen LogP contribution in [-0.4, -0.2) is 28.5 Å². The molecule has 1 amide bonds. The molecule has 0 fully saturated rings. The van der Waals surface area contributed by atoms with Gasteiger partial charge in [0.2, 0.25) is 5.91 Å². The van der Waals surface area contributed by atoms with Crippen LogP contribution in [0, 0.1) is 0 Å². The lowest BCUT2D eigenvalue weighted by Gasteiger charge is -2.15. The van der Waals surface area contributed by atoms with Gasteiger partial charge in [0, 0.05) is 16.6 Å². The van der Waals surface area contributed by atoms with Crippen molar-refractivity contribution in [1.82, 2.24) is 9.55 Å². The van der Waals surface area contributed by atoms with Gasteiger partial charge in [0.1, 0.15) is 10.9 Å². The molecule has 0 aliphatic rings. The van der Waals surface area contributed by atoms with Crippen molar-refractivity contribution in [3.8, 4) is 11.1 Å². The number of carbonyl (C=O) groups is 2. The van der Waals surface area contributed by atoms with E-state index in [0.717, 1.165) is 17.5 Å². The van der Waals surface area contributed by atoms with Gasteiger partial charge < -0.3 is 10.1 Å². The molecule has 0 saturated carbocycles. The van der Waals surface area contributed by atoms with E-state index in [4.69, 9.17) is 4.74 Å². The third kappa shape index (κ3) is 4.42. The van der Waals surface area contributed by atoms with Crippen molar-refractivity contribution in [2.75, 3.05) is 12.4 Å². The number of aromatic nitrogens is 2. The summed E-state index contributed by atoms with van der Waals surface area (Å²) in [4.78, 5) is 43.1. The zero-order valence-electron chi connectivity index (χ0n) is 18.5. The van der Waals surface area contributed by atoms with Crippen molar-refractivity contribution in [3.63, 3.8) is 0 Å². The minimum atomic E-state index is -0.814. The third-order valence-electron chi connectivity index (χ3n) is 5.54. The summed E-state index contributed by atoms with van der Waals surface area (Å²) in [6.45, 7) is 3.73. The van der Waals surface area contributed by atoms with E-state index < -0.39 is 17.9 Å². The van der Waals surface area contributed by atoms with Crippen LogP contribution in [0.1, 0.15) is 35.8 Å². The Hall–Kier alpha value is -3.78. The first-order valence-corrected chi connectivity index (χ1v) is 11.4. The monoisotopic (exact) mass is 461 g/mol. The first-order valence-electron chi connectivity index (χ1n) is 10.5. The molecule has 1 atom stereocenters. The van der Waals surface area contributed by atoms with Crippen LogP contribution in [0.2, 0.25) is 0 Å². The van der Waals surface area contributed by atoms with E-state index in [0.29, 0.717) is 21.5 Å². The van der Waals surface area contributed by atoms with Crippen molar-refractivity contribution in [2.24, 2.45) is 0 Å². The zero-order chi connectivity index (χ0) is 23.5. The molecule has 0 aliphatic heterocycles. The molecule has 4 aromatic rings. The fourth-order valence-corrected chi connectivity index (χ4v) is 4.48. The van der Waals surface area contributed by atoms with E-state index in [1.54, 1.807) is 25.1 Å². The number of hydrogen-bond acceptors (Lipinski definition) is 6. The number of benzene rings is 2. The Morgan fingerprint density at radius 2 is 1.94 bits per heavy atom. The summed E-state index contributed by atoms with van der Waals surface area (Å²) in [5.41, 5.74) is 3.44. The number of amides is 1. The van der Waals surface area contributed by atoms with Gasteiger partial charge in [0.15, 0.2) is 0 Å². The molecule has 0 aliphatic carbocycles. The number of hydrogen-bond donors (Lipinski definition) is 1. The predicted molar refractivity (Wildman–Crippen MR) is 130 cm³/mol. The van der Waals surface area contributed by atoms with Crippen LogP contribution in [0.3, 0.4) is 0 Å². The van der Waals surface area contributed by atoms with Crippen LogP contribution < -0.4 is 10.9 Å². The largest absolute Gasteiger partial charge is 0.465 e. The second-order valence-corrected chi connectivity index (χ2v) is 8.43. The van der Waals surface area contributed by atoms with Gasteiger partial charge in [-0.15, -0.1) is 11.3 Å². The first kappa shape index (κ1) is 22.4. The summed E-state index contributed by atoms with van der Waals surface area (Å²) in [7, 11) is 1.29. The molecule has 0 radical (unpaired) electrons. The number of carbonyl (C=O) groups excluding carboxylic acids is 2. The lowest BCUT2D eigenvalue weighted by molar-refractivity contribution is -0.118. The van der Waals surface area contributed by atoms with Gasteiger partial charge in [-0.2, -0.15) is 0 Å². The molecule has 33 heavy (non-hydrogen) atoms. The van der Waals surface area contributed by atoms with E-state index in [2.05, 4.69) is 17.2 Å². The number of aryl methyl sites for hydroxylation is 1. The van der Waals surface area contributed by atoms with Crippen LogP contribution in [0.15, 0.2) is 65.0 Å². The Morgan fingerprint density at radius 1 is 1.18 bits per heavy atom. The molecule has 1 N–H and O–H groups in total. The average molecular weight is 462 g/mol. The van der Waals surface area contributed by atoms with Crippen LogP contribution >= 0.6 is 11.3 Å². The van der Waals surface area contributed by atoms with Gasteiger partial charge in [-0.1, -0.05) is 37.3 Å². The summed E-state index contributed by atoms with van der Waals surface area (Å²) in [5.74, 6) is -0.897. The van der Waals surface area contributed by atoms with Crippen molar-refractivity contribution < 1.29 is 14.3 Å². The van der Waals surface area contributed by atoms with Gasteiger partial charge in [-0.05, 0) is 42.7 Å². The molecular weight excluding hydrogens is 438 g/mol. The maximum Gasteiger partial charge on any atom is 0.337 e. The van der Waals surface area contributed by atoms with Crippen molar-refractivity contribution in [3.05, 3.63) is 81.7 Å². The zero-order valence-corrected chi connectivity index (χ0v) is 19.3. The fraction of sp³-hybridized carbons (Fsp3) is 0.200. The number of esters is 1. The Morgan fingerprint density at radius 3 is 2.64 bits per heavy atom. The van der Waals surface area contributed by atoms with Crippen LogP contribution in [0.4, 0.5) is 5.69 Å². The van der Waals surface area contributed by atoms with Gasteiger partial charge >= 0.3 is 5.97 Å². The molecule has 168 valence electrons. The Balaban J connectivity index is 1.65. The molecule has 0 bridgehead atoms. The highest BCUT2D eigenvalue weighted by Gasteiger charge is 2.21. The lowest BCUT2D eigenvalue weighted by atomic mass is 10.0. The first-order chi connectivity index (χ1) is 15.9. The maximum atomic E-state index is 13.4. The van der Waals surface area contributed by atoms with Gasteiger partial charge in [-0.3, -0.25) is 14.2 Å². The van der Waals surface area contributed by atoms with E-state index in [1.165, 1.54) is 41.0 Å². The van der Waals surface area contributed by atoms with Crippen molar-refractivity contribution in [2.45, 2.75) is 26.3 Å². The quantitative estimate of drug-likeness (QED) is 0.421. The molecule has 0 spiro atoms. The highest BCUT2D eigenvalue weighted by Crippen LogP contribution is 2.31. The number of nitrogens with one attached hydrogen (secondary N) is 1. The second kappa shape index (κ2) is 9.38. The fourth-order valence-electron chi connectivity index (χ4n) is 3.57. The van der Waals surface area contributed by atoms with E-state index >= 15 is 0 Å². The molecule has 2 aromatic carbocycles. The Kier molecular flexibility index (Phi) is 6.37. The van der Waals surface area contributed by atoms with Gasteiger partial charge in [-0.25, -0.2) is 9.78 Å². The van der Waals surface area contributed by atoms with Crippen LogP contribution in [0.5, 0.6) is 0 Å². The minimum Gasteiger partial charge on any atom is -0.465 e.